The number of hydrazone groups is 1. The number of halogens is 2. The summed E-state index contributed by atoms with van der Waals surface area (Å²) in [5, 5.41) is 18.7. The quantitative estimate of drug-likeness (QED) is 0.342. The van der Waals surface area contributed by atoms with Crippen molar-refractivity contribution in [3.63, 3.8) is 0 Å². The highest BCUT2D eigenvalue weighted by atomic mass is 19.1. The lowest BCUT2D eigenvalue weighted by Crippen LogP contribution is -2.19. The molecule has 0 spiro atoms. The predicted molar refractivity (Wildman–Crippen MR) is 107 cm³/mol. The third-order valence-electron chi connectivity index (χ3n) is 4.26. The van der Waals surface area contributed by atoms with Crippen molar-refractivity contribution in [2.75, 3.05) is 12.8 Å². The van der Waals surface area contributed by atoms with Crippen molar-refractivity contribution in [2.45, 2.75) is 0 Å². The van der Waals surface area contributed by atoms with E-state index in [0.29, 0.717) is 17.4 Å². The third kappa shape index (κ3) is 3.98. The maximum absolute atomic E-state index is 13.7. The first-order valence-corrected chi connectivity index (χ1v) is 8.95. The number of nitrogens with two attached hydrogens (primary N) is 1. The number of ether oxygens (including phenoxy) is 1. The number of methoxy groups -OCH3 is 1. The second-order valence-electron chi connectivity index (χ2n) is 6.27. The van der Waals surface area contributed by atoms with Gasteiger partial charge in [-0.2, -0.15) is 9.78 Å². The number of nitrogen functional groups attached to an aromatic ring is 1. The van der Waals surface area contributed by atoms with Crippen LogP contribution in [0, 0.1) is 11.6 Å². The SMILES string of the molecule is COc1cccc(-c2c(C(=O)N/N=C\c3ccc(F)cc3F)nnn2-c2nonc2N)c1. The Labute approximate surface area is 178 Å². The van der Waals surface area contributed by atoms with Crippen molar-refractivity contribution in [3.8, 4) is 22.8 Å². The highest BCUT2D eigenvalue weighted by molar-refractivity contribution is 5.99. The third-order valence-corrected chi connectivity index (χ3v) is 4.26. The van der Waals surface area contributed by atoms with E-state index in [2.05, 4.69) is 35.8 Å². The standard InChI is InChI=1S/C19H14F2N8O3/c1-31-13-4-2-3-10(7-13)16-15(24-28-29(16)18-17(22)26-32-27-18)19(30)25-23-9-11-5-6-12(20)8-14(11)21/h2-9H,1H3,(H2,22,26)(H,25,30)/b23-9-. The lowest BCUT2D eigenvalue weighted by molar-refractivity contribution is 0.0950. The molecule has 2 heterocycles. The molecule has 0 aliphatic carbocycles. The molecule has 4 rings (SSSR count). The summed E-state index contributed by atoms with van der Waals surface area (Å²) >= 11 is 0. The smallest absolute Gasteiger partial charge is 0.294 e. The first kappa shape index (κ1) is 20.6. The van der Waals surface area contributed by atoms with Crippen LogP contribution in [0.4, 0.5) is 14.6 Å². The largest absolute Gasteiger partial charge is 0.497 e. The fourth-order valence-electron chi connectivity index (χ4n) is 2.77. The second kappa shape index (κ2) is 8.59. The lowest BCUT2D eigenvalue weighted by Gasteiger charge is -2.07. The number of benzene rings is 2. The Balaban J connectivity index is 1.70. The van der Waals surface area contributed by atoms with Gasteiger partial charge in [-0.15, -0.1) is 5.10 Å². The molecule has 2 aromatic carbocycles. The maximum atomic E-state index is 13.7. The molecule has 0 atom stereocenters. The molecule has 11 nitrogen and oxygen atoms in total. The maximum Gasteiger partial charge on any atom is 0.294 e. The van der Waals surface area contributed by atoms with Crippen molar-refractivity contribution in [1.82, 2.24) is 30.7 Å². The van der Waals surface area contributed by atoms with E-state index in [0.717, 1.165) is 12.3 Å². The minimum Gasteiger partial charge on any atom is -0.497 e. The van der Waals surface area contributed by atoms with Crippen LogP contribution in [-0.2, 0) is 0 Å². The molecule has 4 aromatic rings. The Kier molecular flexibility index (Phi) is 5.53. The van der Waals surface area contributed by atoms with Crippen LogP contribution < -0.4 is 15.9 Å². The van der Waals surface area contributed by atoms with Gasteiger partial charge in [0.1, 0.15) is 23.1 Å². The summed E-state index contributed by atoms with van der Waals surface area (Å²) < 4.78 is 37.8. The molecular formula is C19H14F2N8O3. The van der Waals surface area contributed by atoms with Gasteiger partial charge in [-0.3, -0.25) is 4.79 Å². The lowest BCUT2D eigenvalue weighted by atomic mass is 10.1. The van der Waals surface area contributed by atoms with Crippen LogP contribution in [0.3, 0.4) is 0 Å². The van der Waals surface area contributed by atoms with Crippen LogP contribution in [0.1, 0.15) is 16.1 Å². The highest BCUT2D eigenvalue weighted by Gasteiger charge is 2.25. The summed E-state index contributed by atoms with van der Waals surface area (Å²) in [6, 6.07) is 9.69. The van der Waals surface area contributed by atoms with Crippen LogP contribution in [0.15, 0.2) is 52.2 Å². The van der Waals surface area contributed by atoms with E-state index in [-0.39, 0.29) is 28.6 Å². The Hall–Kier alpha value is -4.68. The second-order valence-corrected chi connectivity index (χ2v) is 6.27. The Morgan fingerprint density at radius 3 is 2.81 bits per heavy atom. The van der Waals surface area contributed by atoms with E-state index >= 15 is 0 Å². The zero-order valence-electron chi connectivity index (χ0n) is 16.4. The molecule has 1 amide bonds. The Morgan fingerprint density at radius 1 is 1.25 bits per heavy atom. The fourth-order valence-corrected chi connectivity index (χ4v) is 2.77. The van der Waals surface area contributed by atoms with Crippen molar-refractivity contribution < 1.29 is 22.9 Å². The molecule has 2 aromatic heterocycles. The van der Waals surface area contributed by atoms with E-state index in [9.17, 15) is 13.6 Å². The van der Waals surface area contributed by atoms with Crippen molar-refractivity contribution >= 4 is 17.9 Å². The number of hydrogen-bond acceptors (Lipinski definition) is 9. The molecule has 0 aliphatic heterocycles. The Bertz CT molecular complexity index is 1320. The molecule has 0 saturated carbocycles. The van der Waals surface area contributed by atoms with Gasteiger partial charge in [0.05, 0.1) is 13.3 Å². The molecular weight excluding hydrogens is 426 g/mol. The summed E-state index contributed by atoms with van der Waals surface area (Å²) in [6.07, 6.45) is 1.03. The van der Waals surface area contributed by atoms with Gasteiger partial charge < -0.3 is 10.5 Å². The van der Waals surface area contributed by atoms with E-state index in [1.54, 1.807) is 24.3 Å². The zero-order valence-corrected chi connectivity index (χ0v) is 16.4. The van der Waals surface area contributed by atoms with Crippen LogP contribution >= 0.6 is 0 Å². The summed E-state index contributed by atoms with van der Waals surface area (Å²) in [5.74, 6) is -1.87. The van der Waals surface area contributed by atoms with Gasteiger partial charge in [-0.05, 0) is 34.6 Å². The number of rotatable bonds is 6. The van der Waals surface area contributed by atoms with Crippen molar-refractivity contribution in [1.29, 1.82) is 0 Å². The van der Waals surface area contributed by atoms with E-state index in [1.807, 2.05) is 0 Å². The molecule has 0 unspecified atom stereocenters. The van der Waals surface area contributed by atoms with Crippen LogP contribution in [-0.4, -0.2) is 44.5 Å². The predicted octanol–water partition coefficient (Wildman–Crippen LogP) is 1.95. The molecule has 0 aliphatic rings. The van der Waals surface area contributed by atoms with Crippen LogP contribution in [0.5, 0.6) is 5.75 Å². The number of nitrogens with one attached hydrogen (secondary N) is 1. The number of nitrogens with zero attached hydrogens (tertiary/aromatic N) is 6. The van der Waals surface area contributed by atoms with Crippen LogP contribution in [0.25, 0.3) is 17.1 Å². The molecule has 13 heteroatoms. The fraction of sp³-hybridized carbons (Fsp3) is 0.0526. The van der Waals surface area contributed by atoms with E-state index in [1.165, 1.54) is 17.9 Å². The van der Waals surface area contributed by atoms with Gasteiger partial charge in [0.15, 0.2) is 5.69 Å². The highest BCUT2D eigenvalue weighted by Crippen LogP contribution is 2.28. The minimum absolute atomic E-state index is 0.0197. The number of hydrogen-bond donors (Lipinski definition) is 2. The average molecular weight is 440 g/mol. The van der Waals surface area contributed by atoms with Crippen molar-refractivity contribution in [3.05, 3.63) is 65.4 Å². The molecule has 0 saturated heterocycles. The summed E-state index contributed by atoms with van der Waals surface area (Å²) in [4.78, 5) is 12.8. The van der Waals surface area contributed by atoms with Gasteiger partial charge in [0, 0.05) is 17.2 Å². The zero-order chi connectivity index (χ0) is 22.7. The number of carbonyl (C=O) groups excluding carboxylic acids is 1. The molecule has 32 heavy (non-hydrogen) atoms. The number of amides is 1. The topological polar surface area (TPSA) is 146 Å². The van der Waals surface area contributed by atoms with Gasteiger partial charge in [-0.1, -0.05) is 17.3 Å². The number of carbonyl (C=O) groups is 1. The molecule has 3 N–H and O–H groups in total. The monoisotopic (exact) mass is 440 g/mol. The minimum atomic E-state index is -0.833. The van der Waals surface area contributed by atoms with Gasteiger partial charge in [0.2, 0.25) is 11.6 Å². The summed E-state index contributed by atoms with van der Waals surface area (Å²) in [6.45, 7) is 0. The van der Waals surface area contributed by atoms with Gasteiger partial charge in [-0.25, -0.2) is 18.8 Å². The number of aromatic nitrogens is 5. The van der Waals surface area contributed by atoms with Crippen molar-refractivity contribution in [2.24, 2.45) is 5.10 Å². The molecule has 162 valence electrons. The molecule has 0 radical (unpaired) electrons. The van der Waals surface area contributed by atoms with E-state index in [4.69, 9.17) is 10.5 Å². The molecule has 0 fully saturated rings. The van der Waals surface area contributed by atoms with Crippen LogP contribution in [0.2, 0.25) is 0 Å². The average Bonchev–Trinajstić information content (AvgIpc) is 3.41. The summed E-state index contributed by atoms with van der Waals surface area (Å²) in [5.41, 5.74) is 8.53. The van der Waals surface area contributed by atoms with Gasteiger partial charge >= 0.3 is 0 Å². The normalized spacial score (nSPS) is 11.1. The first-order valence-electron chi connectivity index (χ1n) is 8.95. The number of anilines is 1. The van der Waals surface area contributed by atoms with E-state index < -0.39 is 17.5 Å². The first-order chi connectivity index (χ1) is 15.5. The molecule has 0 bridgehead atoms. The Morgan fingerprint density at radius 2 is 2.09 bits per heavy atom. The summed E-state index contributed by atoms with van der Waals surface area (Å²) in [7, 11) is 1.49. The van der Waals surface area contributed by atoms with Gasteiger partial charge in [0.25, 0.3) is 5.91 Å².